The summed E-state index contributed by atoms with van der Waals surface area (Å²) in [6, 6.07) is 11.3. The molecule has 2 aliphatic rings. The summed E-state index contributed by atoms with van der Waals surface area (Å²) in [7, 11) is 0. The maximum atomic E-state index is 9.44. The third kappa shape index (κ3) is 3.83. The van der Waals surface area contributed by atoms with Gasteiger partial charge in [-0.3, -0.25) is 0 Å². The second kappa shape index (κ2) is 6.88. The van der Waals surface area contributed by atoms with Gasteiger partial charge in [0.25, 0.3) is 0 Å². The summed E-state index contributed by atoms with van der Waals surface area (Å²) in [6.45, 7) is 5.92. The maximum absolute atomic E-state index is 9.44. The van der Waals surface area contributed by atoms with E-state index in [1.807, 2.05) is 0 Å². The molecule has 21 heavy (non-hydrogen) atoms. The van der Waals surface area contributed by atoms with Crippen LogP contribution in [-0.4, -0.2) is 62.0 Å². The molecule has 0 aromatic heterocycles. The quantitative estimate of drug-likeness (QED) is 0.783. The molecule has 3 rings (SSSR count). The van der Waals surface area contributed by atoms with Crippen molar-refractivity contribution in [3.63, 3.8) is 0 Å². The van der Waals surface area contributed by atoms with Crippen LogP contribution in [0.3, 0.4) is 0 Å². The number of ether oxygens (including phenoxy) is 1. The number of likely N-dealkylation sites (tertiary alicyclic amines) is 1. The molecule has 1 unspecified atom stereocenters. The van der Waals surface area contributed by atoms with Crippen LogP contribution < -0.4 is 5.32 Å². The minimum atomic E-state index is -0.0164. The Hall–Kier alpha value is -0.940. The minimum absolute atomic E-state index is 0.0164. The molecule has 1 aromatic carbocycles. The molecular weight excluding hydrogens is 264 g/mol. The van der Waals surface area contributed by atoms with Crippen LogP contribution in [0, 0.1) is 5.41 Å². The van der Waals surface area contributed by atoms with Crippen molar-refractivity contribution < 1.29 is 9.84 Å². The monoisotopic (exact) mass is 290 g/mol. The van der Waals surface area contributed by atoms with E-state index in [1.54, 1.807) is 0 Å². The molecule has 2 aliphatic heterocycles. The number of aliphatic hydroxyl groups is 1. The summed E-state index contributed by atoms with van der Waals surface area (Å²) in [4.78, 5) is 2.54. The van der Waals surface area contributed by atoms with Crippen molar-refractivity contribution in [3.8, 4) is 0 Å². The molecule has 0 bridgehead atoms. The first kappa shape index (κ1) is 15.0. The molecule has 4 nitrogen and oxygen atoms in total. The number of hydrogen-bond acceptors (Lipinski definition) is 4. The van der Waals surface area contributed by atoms with Gasteiger partial charge in [-0.1, -0.05) is 30.3 Å². The second-order valence-corrected chi connectivity index (χ2v) is 6.55. The lowest BCUT2D eigenvalue weighted by atomic mass is 9.87. The second-order valence-electron chi connectivity index (χ2n) is 6.55. The van der Waals surface area contributed by atoms with Crippen molar-refractivity contribution in [3.05, 3.63) is 35.9 Å². The van der Waals surface area contributed by atoms with Crippen LogP contribution in [0.15, 0.2) is 30.3 Å². The van der Waals surface area contributed by atoms with E-state index in [0.717, 1.165) is 26.1 Å². The van der Waals surface area contributed by atoms with E-state index in [9.17, 15) is 5.11 Å². The highest BCUT2D eigenvalue weighted by Gasteiger charge is 2.38. The topological polar surface area (TPSA) is 44.7 Å². The highest BCUT2D eigenvalue weighted by atomic mass is 16.5. The van der Waals surface area contributed by atoms with E-state index in [2.05, 4.69) is 40.5 Å². The lowest BCUT2D eigenvalue weighted by molar-refractivity contribution is -0.135. The zero-order valence-corrected chi connectivity index (χ0v) is 12.6. The molecule has 2 fully saturated rings. The van der Waals surface area contributed by atoms with Gasteiger partial charge in [-0.25, -0.2) is 0 Å². The van der Waals surface area contributed by atoms with Crippen LogP contribution in [0.1, 0.15) is 12.0 Å². The summed E-state index contributed by atoms with van der Waals surface area (Å²) >= 11 is 0. The van der Waals surface area contributed by atoms with E-state index in [0.29, 0.717) is 19.3 Å². The van der Waals surface area contributed by atoms with Gasteiger partial charge in [-0.2, -0.15) is 0 Å². The molecule has 2 heterocycles. The van der Waals surface area contributed by atoms with E-state index in [-0.39, 0.29) is 12.0 Å². The Morgan fingerprint density at radius 1 is 1.29 bits per heavy atom. The molecular formula is C17H26N2O2. The molecule has 2 saturated heterocycles. The lowest BCUT2D eigenvalue weighted by Crippen LogP contribution is -2.54. The molecule has 0 saturated carbocycles. The van der Waals surface area contributed by atoms with Gasteiger partial charge in [0.2, 0.25) is 0 Å². The van der Waals surface area contributed by atoms with Crippen molar-refractivity contribution in [2.24, 2.45) is 5.41 Å². The highest BCUT2D eigenvalue weighted by Crippen LogP contribution is 2.26. The molecule has 0 spiro atoms. The Balaban J connectivity index is 1.37. The number of benzene rings is 1. The van der Waals surface area contributed by atoms with Gasteiger partial charge >= 0.3 is 0 Å². The Morgan fingerprint density at radius 2 is 2.10 bits per heavy atom. The Kier molecular flexibility index (Phi) is 4.91. The average molecular weight is 290 g/mol. The van der Waals surface area contributed by atoms with Crippen LogP contribution in [0.25, 0.3) is 0 Å². The summed E-state index contributed by atoms with van der Waals surface area (Å²) in [5.74, 6) is 0. The first-order valence-corrected chi connectivity index (χ1v) is 7.98. The Labute approximate surface area is 127 Å². The molecule has 116 valence electrons. The Morgan fingerprint density at radius 3 is 2.76 bits per heavy atom. The number of hydrogen-bond donors (Lipinski definition) is 2. The van der Waals surface area contributed by atoms with E-state index in [1.165, 1.54) is 18.5 Å². The fraction of sp³-hybridized carbons (Fsp3) is 0.647. The van der Waals surface area contributed by atoms with Gasteiger partial charge in [0, 0.05) is 25.7 Å². The first-order chi connectivity index (χ1) is 10.3. The number of aliphatic hydroxyl groups excluding tert-OH is 1. The van der Waals surface area contributed by atoms with Gasteiger partial charge in [-0.05, 0) is 24.9 Å². The van der Waals surface area contributed by atoms with Crippen LogP contribution in [0.4, 0.5) is 0 Å². The zero-order chi connectivity index (χ0) is 14.5. The molecule has 0 aliphatic carbocycles. The summed E-state index contributed by atoms with van der Waals surface area (Å²) in [5.41, 5.74) is 1.40. The van der Waals surface area contributed by atoms with Gasteiger partial charge in [-0.15, -0.1) is 0 Å². The highest BCUT2D eigenvalue weighted by molar-refractivity contribution is 5.14. The van der Waals surface area contributed by atoms with E-state index >= 15 is 0 Å². The average Bonchev–Trinajstić information content (AvgIpc) is 2.94. The third-order valence-corrected chi connectivity index (χ3v) is 4.75. The molecule has 0 radical (unpaired) electrons. The maximum Gasteiger partial charge on any atom is 0.0579 e. The SMILES string of the molecule is OCC1(CNC2CCN(CCc3ccccc3)C2)COC1. The zero-order valence-electron chi connectivity index (χ0n) is 12.6. The fourth-order valence-corrected chi connectivity index (χ4v) is 3.14. The summed E-state index contributed by atoms with van der Waals surface area (Å²) in [6.07, 6.45) is 2.33. The van der Waals surface area contributed by atoms with Gasteiger partial charge in [0.05, 0.1) is 25.2 Å². The number of nitrogens with zero attached hydrogens (tertiary/aromatic N) is 1. The molecule has 0 amide bonds. The normalized spacial score (nSPS) is 24.9. The van der Waals surface area contributed by atoms with Gasteiger partial charge < -0.3 is 20.1 Å². The fourth-order valence-electron chi connectivity index (χ4n) is 3.14. The van der Waals surface area contributed by atoms with E-state index < -0.39 is 0 Å². The van der Waals surface area contributed by atoms with Gasteiger partial charge in [0.15, 0.2) is 0 Å². The standard InChI is InChI=1S/C17H26N2O2/c20-12-17(13-21-14-17)11-18-16-7-9-19(10-16)8-6-15-4-2-1-3-5-15/h1-5,16,18,20H,6-14H2. The number of rotatable bonds is 7. The first-order valence-electron chi connectivity index (χ1n) is 7.98. The van der Waals surface area contributed by atoms with Crippen molar-refractivity contribution in [1.29, 1.82) is 0 Å². The predicted octanol–water partition coefficient (Wildman–Crippen LogP) is 0.902. The van der Waals surface area contributed by atoms with Crippen LogP contribution in [0.2, 0.25) is 0 Å². The van der Waals surface area contributed by atoms with Crippen LogP contribution >= 0.6 is 0 Å². The van der Waals surface area contributed by atoms with Crippen molar-refractivity contribution >= 4 is 0 Å². The smallest absolute Gasteiger partial charge is 0.0579 e. The Bertz CT molecular complexity index is 428. The third-order valence-electron chi connectivity index (χ3n) is 4.75. The largest absolute Gasteiger partial charge is 0.396 e. The summed E-state index contributed by atoms with van der Waals surface area (Å²) < 4.78 is 5.24. The summed E-state index contributed by atoms with van der Waals surface area (Å²) in [5, 5.41) is 13.1. The molecule has 1 atom stereocenters. The van der Waals surface area contributed by atoms with Crippen molar-refractivity contribution in [2.75, 3.05) is 46.0 Å². The molecule has 2 N–H and O–H groups in total. The van der Waals surface area contributed by atoms with Crippen molar-refractivity contribution in [1.82, 2.24) is 10.2 Å². The van der Waals surface area contributed by atoms with Gasteiger partial charge in [0.1, 0.15) is 0 Å². The number of nitrogens with one attached hydrogen (secondary N) is 1. The molecule has 1 aromatic rings. The predicted molar refractivity (Wildman–Crippen MR) is 83.3 cm³/mol. The molecule has 4 heteroatoms. The van der Waals surface area contributed by atoms with Crippen molar-refractivity contribution in [2.45, 2.75) is 18.9 Å². The van der Waals surface area contributed by atoms with E-state index in [4.69, 9.17) is 4.74 Å². The lowest BCUT2D eigenvalue weighted by Gasteiger charge is -2.40. The van der Waals surface area contributed by atoms with Crippen LogP contribution in [-0.2, 0) is 11.2 Å². The minimum Gasteiger partial charge on any atom is -0.396 e. The van der Waals surface area contributed by atoms with Crippen LogP contribution in [0.5, 0.6) is 0 Å².